The van der Waals surface area contributed by atoms with Gasteiger partial charge in [0.1, 0.15) is 0 Å². The van der Waals surface area contributed by atoms with E-state index in [-0.39, 0.29) is 47.9 Å². The Hall–Kier alpha value is -1.84. The Morgan fingerprint density at radius 3 is 2.23 bits per heavy atom. The second-order valence-electron chi connectivity index (χ2n) is 6.49. The van der Waals surface area contributed by atoms with Gasteiger partial charge in [0.05, 0.1) is 18.7 Å². The molecular formula is C18H29IN4O3. The van der Waals surface area contributed by atoms with Crippen LogP contribution in [0.25, 0.3) is 0 Å². The molecule has 1 aromatic rings. The van der Waals surface area contributed by atoms with Crippen LogP contribution in [0.4, 0.5) is 0 Å². The first kappa shape index (κ1) is 24.2. The number of benzene rings is 1. The predicted octanol–water partition coefficient (Wildman–Crippen LogP) is 2.06. The third kappa shape index (κ3) is 9.59. The Kier molecular flexibility index (Phi) is 10.9. The Morgan fingerprint density at radius 1 is 1.12 bits per heavy atom. The highest BCUT2D eigenvalue weighted by molar-refractivity contribution is 14.0. The second kappa shape index (κ2) is 11.7. The molecule has 0 heterocycles. The van der Waals surface area contributed by atoms with E-state index in [1.807, 2.05) is 32.9 Å². The molecule has 0 unspecified atom stereocenters. The van der Waals surface area contributed by atoms with Crippen molar-refractivity contribution >= 4 is 41.8 Å². The molecule has 8 heteroatoms. The maximum absolute atomic E-state index is 11.8. The van der Waals surface area contributed by atoms with Crippen LogP contribution in [0.1, 0.15) is 43.6 Å². The number of carbonyl (C=O) groups is 2. The maximum atomic E-state index is 11.8. The molecule has 0 atom stereocenters. The highest BCUT2D eigenvalue weighted by Gasteiger charge is 2.13. The van der Waals surface area contributed by atoms with Gasteiger partial charge in [-0.2, -0.15) is 0 Å². The summed E-state index contributed by atoms with van der Waals surface area (Å²) in [6.45, 7) is 8.57. The Bertz CT molecular complexity index is 610. The predicted molar refractivity (Wildman–Crippen MR) is 114 cm³/mol. The molecule has 26 heavy (non-hydrogen) atoms. The number of carbonyl (C=O) groups excluding carboxylic acids is 2. The van der Waals surface area contributed by atoms with E-state index in [0.717, 1.165) is 5.56 Å². The Morgan fingerprint density at radius 2 is 1.73 bits per heavy atom. The minimum atomic E-state index is -0.329. The summed E-state index contributed by atoms with van der Waals surface area (Å²) in [5, 5.41) is 8.95. The molecule has 1 amide bonds. The maximum Gasteiger partial charge on any atom is 0.338 e. The van der Waals surface area contributed by atoms with Crippen LogP contribution in [0.15, 0.2) is 29.3 Å². The lowest BCUT2D eigenvalue weighted by Gasteiger charge is -2.21. The summed E-state index contributed by atoms with van der Waals surface area (Å²) in [7, 11) is 1.64. The molecule has 3 N–H and O–H groups in total. The van der Waals surface area contributed by atoms with Gasteiger partial charge in [0.25, 0.3) is 0 Å². The van der Waals surface area contributed by atoms with Crippen LogP contribution in [0.2, 0.25) is 0 Å². The summed E-state index contributed by atoms with van der Waals surface area (Å²) in [6.07, 6.45) is 0. The molecule has 0 saturated heterocycles. The lowest BCUT2D eigenvalue weighted by atomic mass is 10.1. The van der Waals surface area contributed by atoms with Crippen molar-refractivity contribution in [2.45, 2.75) is 39.8 Å². The average molecular weight is 476 g/mol. The highest BCUT2D eigenvalue weighted by atomic mass is 127. The van der Waals surface area contributed by atoms with E-state index in [2.05, 4.69) is 20.9 Å². The average Bonchev–Trinajstić information content (AvgIpc) is 2.54. The van der Waals surface area contributed by atoms with Gasteiger partial charge >= 0.3 is 5.97 Å². The summed E-state index contributed by atoms with van der Waals surface area (Å²) in [5.74, 6) is 0.0946. The van der Waals surface area contributed by atoms with E-state index >= 15 is 0 Å². The number of aliphatic imine (C=N–C) groups is 1. The van der Waals surface area contributed by atoms with Crippen molar-refractivity contribution < 1.29 is 14.3 Å². The number of rotatable bonds is 6. The number of hydrogen-bond donors (Lipinski definition) is 3. The summed E-state index contributed by atoms with van der Waals surface area (Å²) >= 11 is 0. The molecule has 1 aromatic carbocycles. The van der Waals surface area contributed by atoms with Crippen molar-refractivity contribution in [2.75, 3.05) is 20.2 Å². The van der Waals surface area contributed by atoms with Gasteiger partial charge in [0.2, 0.25) is 5.91 Å². The van der Waals surface area contributed by atoms with E-state index in [4.69, 9.17) is 4.74 Å². The van der Waals surface area contributed by atoms with Crippen LogP contribution in [-0.2, 0) is 16.1 Å². The first-order chi connectivity index (χ1) is 11.7. The summed E-state index contributed by atoms with van der Waals surface area (Å²) in [4.78, 5) is 27.5. The number of amides is 1. The van der Waals surface area contributed by atoms with Crippen LogP contribution in [-0.4, -0.2) is 43.6 Å². The number of halogens is 1. The molecule has 0 aliphatic heterocycles. The van der Waals surface area contributed by atoms with Crippen molar-refractivity contribution in [3.8, 4) is 0 Å². The number of hydrogen-bond acceptors (Lipinski definition) is 4. The van der Waals surface area contributed by atoms with E-state index in [0.29, 0.717) is 24.7 Å². The van der Waals surface area contributed by atoms with Gasteiger partial charge in [-0.15, -0.1) is 24.0 Å². The first-order valence-electron chi connectivity index (χ1n) is 8.26. The van der Waals surface area contributed by atoms with Crippen molar-refractivity contribution in [3.05, 3.63) is 35.4 Å². The van der Waals surface area contributed by atoms with Gasteiger partial charge in [0, 0.05) is 19.1 Å². The van der Waals surface area contributed by atoms with Crippen molar-refractivity contribution in [3.63, 3.8) is 0 Å². The molecule has 0 spiro atoms. The molecular weight excluding hydrogens is 447 g/mol. The van der Waals surface area contributed by atoms with Crippen LogP contribution < -0.4 is 16.0 Å². The summed E-state index contributed by atoms with van der Waals surface area (Å²) in [6, 6.07) is 7.14. The number of esters is 1. The van der Waals surface area contributed by atoms with Crippen molar-refractivity contribution in [1.29, 1.82) is 0 Å². The molecule has 146 valence electrons. The zero-order chi connectivity index (χ0) is 18.9. The van der Waals surface area contributed by atoms with Gasteiger partial charge in [-0.3, -0.25) is 9.79 Å². The fraction of sp³-hybridized carbons (Fsp3) is 0.500. The van der Waals surface area contributed by atoms with E-state index in [9.17, 15) is 9.59 Å². The quantitative estimate of drug-likeness (QED) is 0.253. The molecule has 0 aliphatic carbocycles. The van der Waals surface area contributed by atoms with Crippen LogP contribution in [0, 0.1) is 0 Å². The van der Waals surface area contributed by atoms with E-state index < -0.39 is 0 Å². The zero-order valence-electron chi connectivity index (χ0n) is 16.0. The molecule has 0 aliphatic rings. The van der Waals surface area contributed by atoms with Gasteiger partial charge in [-0.1, -0.05) is 12.1 Å². The molecule has 1 rings (SSSR count). The SMILES string of the molecule is CCOC(=O)c1ccc(CNC(=NC)NCC(=O)NC(C)(C)C)cc1.I. The standard InChI is InChI=1S/C18H28N4O3.HI/c1-6-25-16(24)14-9-7-13(8-10-14)11-20-17(19-5)21-12-15(23)22-18(2,3)4;/h7-10H,6,11-12H2,1-5H3,(H,22,23)(H2,19,20,21);1H. The largest absolute Gasteiger partial charge is 0.462 e. The highest BCUT2D eigenvalue weighted by Crippen LogP contribution is 2.06. The molecule has 0 radical (unpaired) electrons. The second-order valence-corrected chi connectivity index (χ2v) is 6.49. The fourth-order valence-corrected chi connectivity index (χ4v) is 2.01. The number of nitrogens with one attached hydrogen (secondary N) is 3. The fourth-order valence-electron chi connectivity index (χ4n) is 2.01. The van der Waals surface area contributed by atoms with Gasteiger partial charge in [-0.05, 0) is 45.4 Å². The lowest BCUT2D eigenvalue weighted by molar-refractivity contribution is -0.121. The third-order valence-electron chi connectivity index (χ3n) is 3.08. The number of guanidine groups is 1. The smallest absolute Gasteiger partial charge is 0.338 e. The summed E-state index contributed by atoms with van der Waals surface area (Å²) in [5.41, 5.74) is 1.23. The van der Waals surface area contributed by atoms with E-state index in [1.165, 1.54) is 0 Å². The van der Waals surface area contributed by atoms with Gasteiger partial charge < -0.3 is 20.7 Å². The molecule has 0 bridgehead atoms. The third-order valence-corrected chi connectivity index (χ3v) is 3.08. The van der Waals surface area contributed by atoms with Gasteiger partial charge in [-0.25, -0.2) is 4.79 Å². The zero-order valence-corrected chi connectivity index (χ0v) is 18.3. The molecule has 7 nitrogen and oxygen atoms in total. The number of ether oxygens (including phenoxy) is 1. The van der Waals surface area contributed by atoms with Crippen LogP contribution in [0.3, 0.4) is 0 Å². The Balaban J connectivity index is 0.00000625. The minimum Gasteiger partial charge on any atom is -0.462 e. The normalized spacial score (nSPS) is 11.2. The van der Waals surface area contributed by atoms with Crippen LogP contribution >= 0.6 is 24.0 Å². The topological polar surface area (TPSA) is 91.8 Å². The number of nitrogens with zero attached hydrogens (tertiary/aromatic N) is 1. The summed E-state index contributed by atoms with van der Waals surface area (Å²) < 4.78 is 4.95. The Labute approximate surface area is 172 Å². The first-order valence-corrected chi connectivity index (χ1v) is 8.26. The molecule has 0 fully saturated rings. The van der Waals surface area contributed by atoms with Crippen molar-refractivity contribution in [2.24, 2.45) is 4.99 Å². The lowest BCUT2D eigenvalue weighted by Crippen LogP contribution is -2.48. The van der Waals surface area contributed by atoms with Crippen LogP contribution in [0.5, 0.6) is 0 Å². The van der Waals surface area contributed by atoms with Crippen molar-refractivity contribution in [1.82, 2.24) is 16.0 Å². The van der Waals surface area contributed by atoms with E-state index in [1.54, 1.807) is 26.1 Å². The molecule has 0 aromatic heterocycles. The molecule has 0 saturated carbocycles. The monoisotopic (exact) mass is 476 g/mol. The van der Waals surface area contributed by atoms with Gasteiger partial charge in [0.15, 0.2) is 5.96 Å². The minimum absolute atomic E-state index is 0.